The van der Waals surface area contributed by atoms with Crippen molar-refractivity contribution in [1.29, 1.82) is 0 Å². The number of nitrogens with zero attached hydrogens (tertiary/aromatic N) is 1. The summed E-state index contributed by atoms with van der Waals surface area (Å²) < 4.78 is 26.0. The van der Waals surface area contributed by atoms with E-state index in [4.69, 9.17) is 11.6 Å². The van der Waals surface area contributed by atoms with Crippen LogP contribution in [0.25, 0.3) is 0 Å². The number of rotatable bonds is 4. The van der Waals surface area contributed by atoms with Gasteiger partial charge in [-0.05, 0) is 47.9 Å². The van der Waals surface area contributed by atoms with Crippen molar-refractivity contribution in [1.82, 2.24) is 4.98 Å². The van der Waals surface area contributed by atoms with E-state index in [2.05, 4.69) is 4.98 Å². The summed E-state index contributed by atoms with van der Waals surface area (Å²) in [6, 6.07) is 8.64. The van der Waals surface area contributed by atoms with Gasteiger partial charge in [0.2, 0.25) is 5.24 Å². The minimum Gasteiger partial charge on any atom is -0.281 e. The van der Waals surface area contributed by atoms with Gasteiger partial charge >= 0.3 is 0 Å². The molecule has 0 bridgehead atoms. The van der Waals surface area contributed by atoms with E-state index in [0.717, 1.165) is 12.1 Å². The molecule has 1 unspecified atom stereocenters. The van der Waals surface area contributed by atoms with Crippen molar-refractivity contribution in [3.8, 4) is 0 Å². The van der Waals surface area contributed by atoms with Gasteiger partial charge in [0.15, 0.2) is 11.6 Å². The Morgan fingerprint density at radius 3 is 2.58 bits per heavy atom. The normalized spacial score (nSPS) is 12.2. The van der Waals surface area contributed by atoms with Crippen molar-refractivity contribution in [2.24, 2.45) is 0 Å². The Balaban J connectivity index is 2.27. The molecule has 0 saturated carbocycles. The summed E-state index contributed by atoms with van der Waals surface area (Å²) in [6.07, 6.45) is 1.73. The molecule has 1 atom stereocenters. The third-order valence-corrected chi connectivity index (χ3v) is 3.01. The van der Waals surface area contributed by atoms with Crippen LogP contribution in [0, 0.1) is 11.6 Å². The zero-order valence-electron chi connectivity index (χ0n) is 9.82. The topological polar surface area (TPSA) is 30.0 Å². The fraction of sp³-hybridized carbons (Fsp3) is 0.143. The molecule has 2 nitrogen and oxygen atoms in total. The lowest BCUT2D eigenvalue weighted by Gasteiger charge is -2.12. The van der Waals surface area contributed by atoms with E-state index < -0.39 is 22.8 Å². The molecule has 0 aliphatic heterocycles. The van der Waals surface area contributed by atoms with Gasteiger partial charge in [-0.25, -0.2) is 8.78 Å². The molecule has 0 spiro atoms. The van der Waals surface area contributed by atoms with Crippen LogP contribution in [0.15, 0.2) is 42.6 Å². The monoisotopic (exact) mass is 281 g/mol. The molecule has 0 amide bonds. The number of carbonyl (C=O) groups excluding carboxylic acids is 1. The largest absolute Gasteiger partial charge is 0.281 e. The minimum absolute atomic E-state index is 0.177. The lowest BCUT2D eigenvalue weighted by molar-refractivity contribution is -0.113. The lowest BCUT2D eigenvalue weighted by Crippen LogP contribution is -2.12. The Bertz CT molecular complexity index is 589. The maximum atomic E-state index is 13.1. The van der Waals surface area contributed by atoms with Crippen molar-refractivity contribution >= 4 is 16.8 Å². The van der Waals surface area contributed by atoms with Gasteiger partial charge in [0, 0.05) is 6.20 Å². The Hall–Kier alpha value is -1.81. The van der Waals surface area contributed by atoms with Crippen LogP contribution in [0.3, 0.4) is 0 Å². The first-order valence-electron chi connectivity index (χ1n) is 5.62. The summed E-state index contributed by atoms with van der Waals surface area (Å²) in [6.45, 7) is 0. The molecule has 2 aromatic rings. The fourth-order valence-corrected chi connectivity index (χ4v) is 1.97. The Morgan fingerprint density at radius 1 is 1.21 bits per heavy atom. The van der Waals surface area contributed by atoms with Gasteiger partial charge in [-0.2, -0.15) is 0 Å². The molecule has 19 heavy (non-hydrogen) atoms. The maximum Gasteiger partial charge on any atom is 0.231 e. The summed E-state index contributed by atoms with van der Waals surface area (Å²) in [5, 5.41) is -0.580. The first-order chi connectivity index (χ1) is 9.08. The van der Waals surface area contributed by atoms with Crippen molar-refractivity contribution in [2.75, 3.05) is 0 Å². The molecule has 1 aromatic carbocycles. The average Bonchev–Trinajstić information content (AvgIpc) is 2.40. The van der Waals surface area contributed by atoms with Crippen LogP contribution in [-0.4, -0.2) is 10.2 Å². The van der Waals surface area contributed by atoms with Crippen LogP contribution in [0.4, 0.5) is 8.78 Å². The van der Waals surface area contributed by atoms with E-state index in [1.807, 2.05) is 0 Å². The number of halogens is 3. The summed E-state index contributed by atoms with van der Waals surface area (Å²) in [5.74, 6) is -2.54. The first-order valence-corrected chi connectivity index (χ1v) is 6.00. The predicted molar refractivity (Wildman–Crippen MR) is 67.9 cm³/mol. The maximum absolute atomic E-state index is 13.1. The molecule has 0 fully saturated rings. The van der Waals surface area contributed by atoms with Gasteiger partial charge in [-0.3, -0.25) is 9.78 Å². The first kappa shape index (κ1) is 13.6. The van der Waals surface area contributed by atoms with Crippen molar-refractivity contribution in [3.63, 3.8) is 0 Å². The second-order valence-corrected chi connectivity index (χ2v) is 4.44. The zero-order valence-corrected chi connectivity index (χ0v) is 10.6. The van der Waals surface area contributed by atoms with Crippen LogP contribution in [0.1, 0.15) is 17.2 Å². The highest BCUT2D eigenvalue weighted by molar-refractivity contribution is 6.64. The van der Waals surface area contributed by atoms with Crippen molar-refractivity contribution in [3.05, 3.63) is 65.5 Å². The summed E-state index contributed by atoms with van der Waals surface area (Å²) >= 11 is 5.55. The van der Waals surface area contributed by atoms with Crippen LogP contribution < -0.4 is 0 Å². The number of carbonyl (C=O) groups is 1. The quantitative estimate of drug-likeness (QED) is 0.804. The molecule has 0 aliphatic carbocycles. The molecule has 0 saturated heterocycles. The zero-order chi connectivity index (χ0) is 13.8. The van der Waals surface area contributed by atoms with E-state index in [1.54, 1.807) is 24.4 Å². The number of benzene rings is 1. The Kier molecular flexibility index (Phi) is 4.22. The third kappa shape index (κ3) is 3.35. The van der Waals surface area contributed by atoms with Crippen LogP contribution in [-0.2, 0) is 11.2 Å². The second-order valence-electron chi connectivity index (χ2n) is 4.06. The van der Waals surface area contributed by atoms with Crippen LogP contribution in [0.2, 0.25) is 0 Å². The molecule has 0 aliphatic rings. The molecule has 5 heteroatoms. The van der Waals surface area contributed by atoms with E-state index in [-0.39, 0.29) is 6.42 Å². The smallest absolute Gasteiger partial charge is 0.231 e. The van der Waals surface area contributed by atoms with Crippen molar-refractivity contribution in [2.45, 2.75) is 12.3 Å². The highest BCUT2D eigenvalue weighted by Gasteiger charge is 2.21. The molecule has 0 radical (unpaired) electrons. The number of pyridine rings is 1. The van der Waals surface area contributed by atoms with Gasteiger partial charge in [0.25, 0.3) is 0 Å². The van der Waals surface area contributed by atoms with Gasteiger partial charge < -0.3 is 0 Å². The Labute approximate surface area is 114 Å². The fourth-order valence-electron chi connectivity index (χ4n) is 1.79. The van der Waals surface area contributed by atoms with Crippen molar-refractivity contribution < 1.29 is 13.6 Å². The molecular weight excluding hydrogens is 272 g/mol. The lowest BCUT2D eigenvalue weighted by atomic mass is 9.96. The molecule has 98 valence electrons. The van der Waals surface area contributed by atoms with Gasteiger partial charge in [-0.15, -0.1) is 0 Å². The number of hydrogen-bond acceptors (Lipinski definition) is 2. The molecule has 0 N–H and O–H groups in total. The average molecular weight is 282 g/mol. The Morgan fingerprint density at radius 2 is 2.00 bits per heavy atom. The van der Waals surface area contributed by atoms with E-state index in [9.17, 15) is 13.6 Å². The SMILES string of the molecule is O=C(Cl)C(Cc1ccc(F)c(F)c1)c1ccccn1. The highest BCUT2D eigenvalue weighted by atomic mass is 35.5. The standard InChI is InChI=1S/C14H10ClF2NO/c15-14(19)10(13-3-1-2-6-18-13)7-9-4-5-11(16)12(17)8-9/h1-6,8,10H,7H2. The third-order valence-electron chi connectivity index (χ3n) is 2.74. The number of hydrogen-bond donors (Lipinski definition) is 0. The predicted octanol–water partition coefficient (Wildman–Crippen LogP) is 3.45. The molecular formula is C14H10ClF2NO. The highest BCUT2D eigenvalue weighted by Crippen LogP contribution is 2.22. The van der Waals surface area contributed by atoms with E-state index in [1.165, 1.54) is 6.07 Å². The van der Waals surface area contributed by atoms with E-state index in [0.29, 0.717) is 11.3 Å². The van der Waals surface area contributed by atoms with E-state index >= 15 is 0 Å². The number of aromatic nitrogens is 1. The second kappa shape index (κ2) is 5.89. The summed E-state index contributed by atoms with van der Waals surface area (Å²) in [5.41, 5.74) is 0.996. The summed E-state index contributed by atoms with van der Waals surface area (Å²) in [7, 11) is 0. The van der Waals surface area contributed by atoms with Gasteiger partial charge in [0.1, 0.15) is 0 Å². The molecule has 1 heterocycles. The van der Waals surface area contributed by atoms with Gasteiger partial charge in [0.05, 0.1) is 11.6 Å². The molecule has 2 rings (SSSR count). The van der Waals surface area contributed by atoms with Crippen LogP contribution >= 0.6 is 11.6 Å². The van der Waals surface area contributed by atoms with Crippen LogP contribution in [0.5, 0.6) is 0 Å². The minimum atomic E-state index is -0.945. The van der Waals surface area contributed by atoms with Gasteiger partial charge in [-0.1, -0.05) is 12.1 Å². The summed E-state index contributed by atoms with van der Waals surface area (Å²) in [4.78, 5) is 15.5. The molecule has 1 aromatic heterocycles.